The number of unbranched alkanes of at least 4 members (excludes halogenated alkanes) is 1. The van der Waals surface area contributed by atoms with Crippen molar-refractivity contribution in [3.8, 4) is 5.75 Å². The zero-order chi connectivity index (χ0) is 22.7. The average molecular weight is 442 g/mol. The highest BCUT2D eigenvalue weighted by molar-refractivity contribution is 5.95. The molecule has 1 aliphatic rings. The van der Waals surface area contributed by atoms with Crippen LogP contribution in [0.3, 0.4) is 0 Å². The number of nitrogens with two attached hydrogens (primary N) is 1. The van der Waals surface area contributed by atoms with Gasteiger partial charge in [-0.3, -0.25) is 9.69 Å². The number of H-pyrrole nitrogens is 1. The summed E-state index contributed by atoms with van der Waals surface area (Å²) in [6.45, 7) is 4.27. The second-order valence-electron chi connectivity index (χ2n) is 8.43. The normalized spacial score (nSPS) is 15.7. The number of aromatic nitrogens is 1. The molecule has 4 rings (SSSR count). The molecule has 0 bridgehead atoms. The topological polar surface area (TPSA) is 71.3 Å². The van der Waals surface area contributed by atoms with Crippen molar-refractivity contribution in [2.24, 2.45) is 5.73 Å². The maximum Gasteiger partial charge on any atom is 0.249 e. The molecule has 7 heteroatoms. The van der Waals surface area contributed by atoms with Crippen molar-refractivity contribution in [2.45, 2.75) is 45.1 Å². The standard InChI is InChI=1S/C25H29F2N3O2/c1-2-10-30(11-4-3-5-16-14-29-23-9-6-17(26)12-20(16)23)18-13-21-19(25(28)31)7-8-22(27)24(21)32-15-18/h6-9,12,14,18,29H,2-5,10-11,13,15H2,1H3,(H2,28,31). The van der Waals surface area contributed by atoms with Crippen LogP contribution in [-0.4, -0.2) is 41.5 Å². The van der Waals surface area contributed by atoms with Crippen molar-refractivity contribution >= 4 is 16.8 Å². The second-order valence-corrected chi connectivity index (χ2v) is 8.43. The Labute approximate surface area is 186 Å². The van der Waals surface area contributed by atoms with Crippen LogP contribution < -0.4 is 10.5 Å². The Morgan fingerprint density at radius 2 is 2.06 bits per heavy atom. The molecule has 1 aliphatic heterocycles. The SMILES string of the molecule is CCCN(CCCCc1c[nH]c2ccc(F)cc12)C1COc2c(F)ccc(C(N)=O)c2C1. The Hall–Kier alpha value is -2.93. The van der Waals surface area contributed by atoms with Crippen molar-refractivity contribution in [1.29, 1.82) is 0 Å². The van der Waals surface area contributed by atoms with Crippen molar-refractivity contribution in [3.63, 3.8) is 0 Å². The van der Waals surface area contributed by atoms with Gasteiger partial charge in [0.2, 0.25) is 5.91 Å². The van der Waals surface area contributed by atoms with Crippen LogP contribution in [0.2, 0.25) is 0 Å². The molecule has 1 atom stereocenters. The molecule has 2 heterocycles. The van der Waals surface area contributed by atoms with Crippen LogP contribution >= 0.6 is 0 Å². The summed E-state index contributed by atoms with van der Waals surface area (Å²) >= 11 is 0. The fraction of sp³-hybridized carbons (Fsp3) is 0.400. The molecule has 0 fully saturated rings. The molecule has 1 aromatic heterocycles. The van der Waals surface area contributed by atoms with E-state index in [4.69, 9.17) is 10.5 Å². The van der Waals surface area contributed by atoms with Crippen molar-refractivity contribution in [1.82, 2.24) is 9.88 Å². The molecular weight excluding hydrogens is 412 g/mol. The van der Waals surface area contributed by atoms with Crippen LogP contribution in [0.15, 0.2) is 36.5 Å². The molecule has 0 saturated carbocycles. The van der Waals surface area contributed by atoms with Crippen molar-refractivity contribution in [3.05, 3.63) is 64.9 Å². The van der Waals surface area contributed by atoms with E-state index in [1.54, 1.807) is 12.1 Å². The number of aryl methyl sites for hydroxylation is 1. The lowest BCUT2D eigenvalue weighted by Crippen LogP contribution is -2.44. The molecule has 3 N–H and O–H groups in total. The molecule has 170 valence electrons. The molecule has 1 unspecified atom stereocenters. The summed E-state index contributed by atoms with van der Waals surface area (Å²) in [4.78, 5) is 17.4. The number of fused-ring (bicyclic) bond motifs is 2. The number of halogens is 2. The molecule has 0 spiro atoms. The molecular formula is C25H29F2N3O2. The van der Waals surface area contributed by atoms with E-state index in [1.165, 1.54) is 18.2 Å². The Morgan fingerprint density at radius 3 is 2.84 bits per heavy atom. The van der Waals surface area contributed by atoms with E-state index in [-0.39, 0.29) is 17.6 Å². The highest BCUT2D eigenvalue weighted by atomic mass is 19.1. The van der Waals surface area contributed by atoms with Gasteiger partial charge in [-0.05, 0) is 81.1 Å². The van der Waals surface area contributed by atoms with Gasteiger partial charge in [0.1, 0.15) is 12.4 Å². The first-order valence-electron chi connectivity index (χ1n) is 11.2. The van der Waals surface area contributed by atoms with E-state index in [1.807, 2.05) is 6.20 Å². The van der Waals surface area contributed by atoms with Gasteiger partial charge in [-0.2, -0.15) is 0 Å². The quantitative estimate of drug-likeness (QED) is 0.478. The number of ether oxygens (including phenoxy) is 1. The highest BCUT2D eigenvalue weighted by Crippen LogP contribution is 2.32. The van der Waals surface area contributed by atoms with E-state index in [9.17, 15) is 13.6 Å². The van der Waals surface area contributed by atoms with Crippen molar-refractivity contribution in [2.75, 3.05) is 19.7 Å². The number of amides is 1. The first-order chi connectivity index (χ1) is 15.5. The Balaban J connectivity index is 1.39. The largest absolute Gasteiger partial charge is 0.489 e. The van der Waals surface area contributed by atoms with E-state index in [0.717, 1.165) is 55.2 Å². The van der Waals surface area contributed by atoms with E-state index in [0.29, 0.717) is 24.2 Å². The molecule has 3 aromatic rings. The van der Waals surface area contributed by atoms with Gasteiger partial charge in [0.05, 0.1) is 0 Å². The van der Waals surface area contributed by atoms with Gasteiger partial charge in [-0.1, -0.05) is 6.92 Å². The predicted octanol–water partition coefficient (Wildman–Crippen LogP) is 4.58. The zero-order valence-electron chi connectivity index (χ0n) is 18.3. The third kappa shape index (κ3) is 4.63. The van der Waals surface area contributed by atoms with Crippen LogP contribution in [-0.2, 0) is 12.8 Å². The number of aromatic amines is 1. The van der Waals surface area contributed by atoms with E-state index < -0.39 is 11.7 Å². The molecule has 32 heavy (non-hydrogen) atoms. The summed E-state index contributed by atoms with van der Waals surface area (Å²) in [5.74, 6) is -1.10. The summed E-state index contributed by atoms with van der Waals surface area (Å²) in [5.41, 5.74) is 8.47. The predicted molar refractivity (Wildman–Crippen MR) is 121 cm³/mol. The van der Waals surface area contributed by atoms with Crippen LogP contribution in [0.4, 0.5) is 8.78 Å². The van der Waals surface area contributed by atoms with Crippen LogP contribution in [0.5, 0.6) is 5.75 Å². The molecule has 0 saturated heterocycles. The fourth-order valence-electron chi connectivity index (χ4n) is 4.65. The Bertz CT molecular complexity index is 1110. The lowest BCUT2D eigenvalue weighted by molar-refractivity contribution is 0.0984. The number of primary amides is 1. The summed E-state index contributed by atoms with van der Waals surface area (Å²) in [6.07, 6.45) is 6.28. The van der Waals surface area contributed by atoms with Gasteiger partial charge in [0, 0.05) is 34.3 Å². The van der Waals surface area contributed by atoms with Crippen LogP contribution in [0.25, 0.3) is 10.9 Å². The number of carbonyl (C=O) groups is 1. The average Bonchev–Trinajstić information content (AvgIpc) is 3.17. The molecule has 2 aromatic carbocycles. The number of carbonyl (C=O) groups excluding carboxylic acids is 1. The Kier molecular flexibility index (Phi) is 6.74. The van der Waals surface area contributed by atoms with Gasteiger partial charge in [0.15, 0.2) is 11.6 Å². The summed E-state index contributed by atoms with van der Waals surface area (Å²) in [6, 6.07) is 7.55. The number of benzene rings is 2. The van der Waals surface area contributed by atoms with E-state index in [2.05, 4.69) is 16.8 Å². The number of hydrogen-bond acceptors (Lipinski definition) is 3. The van der Waals surface area contributed by atoms with Gasteiger partial charge in [-0.25, -0.2) is 8.78 Å². The van der Waals surface area contributed by atoms with E-state index >= 15 is 0 Å². The van der Waals surface area contributed by atoms with Gasteiger partial charge in [0.25, 0.3) is 0 Å². The van der Waals surface area contributed by atoms with Crippen molar-refractivity contribution < 1.29 is 18.3 Å². The van der Waals surface area contributed by atoms with Gasteiger partial charge >= 0.3 is 0 Å². The number of nitrogens with zero attached hydrogens (tertiary/aromatic N) is 1. The minimum atomic E-state index is -0.567. The minimum absolute atomic E-state index is 0.0598. The van der Waals surface area contributed by atoms with Gasteiger partial charge < -0.3 is 15.5 Å². The zero-order valence-corrected chi connectivity index (χ0v) is 18.3. The second kappa shape index (κ2) is 9.69. The van der Waals surface area contributed by atoms with Crippen LogP contribution in [0, 0.1) is 11.6 Å². The maximum absolute atomic E-state index is 14.2. The highest BCUT2D eigenvalue weighted by Gasteiger charge is 2.29. The molecule has 0 aliphatic carbocycles. The minimum Gasteiger partial charge on any atom is -0.489 e. The lowest BCUT2D eigenvalue weighted by atomic mass is 9.95. The third-order valence-corrected chi connectivity index (χ3v) is 6.24. The number of nitrogens with one attached hydrogen (secondary N) is 1. The van der Waals surface area contributed by atoms with Gasteiger partial charge in [-0.15, -0.1) is 0 Å². The number of rotatable bonds is 9. The smallest absolute Gasteiger partial charge is 0.249 e. The summed E-state index contributed by atoms with van der Waals surface area (Å²) in [7, 11) is 0. The molecule has 5 nitrogen and oxygen atoms in total. The fourth-order valence-corrected chi connectivity index (χ4v) is 4.65. The van der Waals surface area contributed by atoms with Crippen LogP contribution in [0.1, 0.15) is 47.7 Å². The number of hydrogen-bond donors (Lipinski definition) is 2. The molecule has 0 radical (unpaired) electrons. The first-order valence-corrected chi connectivity index (χ1v) is 11.2. The first kappa shape index (κ1) is 22.3. The summed E-state index contributed by atoms with van der Waals surface area (Å²) < 4.78 is 33.5. The lowest BCUT2D eigenvalue weighted by Gasteiger charge is -2.35. The Morgan fingerprint density at radius 1 is 1.22 bits per heavy atom. The summed E-state index contributed by atoms with van der Waals surface area (Å²) in [5, 5.41) is 0.939. The molecule has 1 amide bonds. The maximum atomic E-state index is 14.2. The third-order valence-electron chi connectivity index (χ3n) is 6.24. The monoisotopic (exact) mass is 441 g/mol.